The molecule has 1 N–H and O–H groups in total. The molecule has 2 aromatic rings. The molecular formula is C22H24O7. The molecule has 29 heavy (non-hydrogen) atoms. The second kappa shape index (κ2) is 7.83. The third-order valence-electron chi connectivity index (χ3n) is 5.57. The molecule has 2 aliphatic heterocycles. The van der Waals surface area contributed by atoms with E-state index in [1.807, 2.05) is 18.2 Å². The summed E-state index contributed by atoms with van der Waals surface area (Å²) < 4.78 is 28.0. The monoisotopic (exact) mass is 400 g/mol. The molecule has 0 spiro atoms. The van der Waals surface area contributed by atoms with Gasteiger partial charge in [0.2, 0.25) is 6.79 Å². The molecular weight excluding hydrogens is 376 g/mol. The van der Waals surface area contributed by atoms with Crippen LogP contribution in [0.3, 0.4) is 0 Å². The van der Waals surface area contributed by atoms with Gasteiger partial charge < -0.3 is 28.8 Å². The first-order valence-corrected chi connectivity index (χ1v) is 9.53. The average molecular weight is 400 g/mol. The fourth-order valence-electron chi connectivity index (χ4n) is 4.00. The number of hydrogen-bond acceptors (Lipinski definition) is 7. The Kier molecular flexibility index (Phi) is 5.24. The normalized spacial score (nSPS) is 25.1. The zero-order valence-corrected chi connectivity index (χ0v) is 16.6. The molecule has 154 valence electrons. The Morgan fingerprint density at radius 1 is 1.10 bits per heavy atom. The van der Waals surface area contributed by atoms with E-state index in [1.165, 1.54) is 14.0 Å². The van der Waals surface area contributed by atoms with E-state index in [9.17, 15) is 9.90 Å². The summed E-state index contributed by atoms with van der Waals surface area (Å²) in [5, 5.41) is 9.93. The second-order valence-electron chi connectivity index (χ2n) is 7.35. The smallest absolute Gasteiger partial charge is 0.302 e. The van der Waals surface area contributed by atoms with Crippen LogP contribution in [0.25, 0.3) is 0 Å². The van der Waals surface area contributed by atoms with E-state index in [-0.39, 0.29) is 49.2 Å². The third kappa shape index (κ3) is 3.70. The van der Waals surface area contributed by atoms with Gasteiger partial charge in [-0.2, -0.15) is 0 Å². The molecule has 2 heterocycles. The third-order valence-corrected chi connectivity index (χ3v) is 5.57. The minimum absolute atomic E-state index is 0.0613. The molecule has 0 saturated carbocycles. The van der Waals surface area contributed by atoms with Crippen LogP contribution in [0, 0.1) is 11.8 Å². The summed E-state index contributed by atoms with van der Waals surface area (Å²) in [5.74, 6) is 1.52. The zero-order valence-electron chi connectivity index (χ0n) is 16.6. The highest BCUT2D eigenvalue weighted by molar-refractivity contribution is 5.65. The van der Waals surface area contributed by atoms with Gasteiger partial charge in [-0.3, -0.25) is 4.79 Å². The maximum atomic E-state index is 11.4. The van der Waals surface area contributed by atoms with E-state index in [0.717, 1.165) is 16.9 Å². The van der Waals surface area contributed by atoms with Crippen LogP contribution in [-0.2, 0) is 14.3 Å². The number of aromatic hydroxyl groups is 1. The average Bonchev–Trinajstić information content (AvgIpc) is 3.30. The molecule has 4 atom stereocenters. The molecule has 0 aliphatic carbocycles. The van der Waals surface area contributed by atoms with E-state index in [1.54, 1.807) is 18.2 Å². The van der Waals surface area contributed by atoms with Crippen molar-refractivity contribution in [3.63, 3.8) is 0 Å². The van der Waals surface area contributed by atoms with Crippen molar-refractivity contribution in [2.24, 2.45) is 11.8 Å². The molecule has 1 saturated heterocycles. The molecule has 0 aromatic heterocycles. The van der Waals surface area contributed by atoms with E-state index in [2.05, 4.69) is 6.92 Å². The highest BCUT2D eigenvalue weighted by Crippen LogP contribution is 2.51. The molecule has 0 unspecified atom stereocenters. The van der Waals surface area contributed by atoms with Crippen LogP contribution in [0.4, 0.5) is 0 Å². The number of fused-ring (bicyclic) bond motifs is 1. The number of phenols is 1. The minimum Gasteiger partial charge on any atom is -0.504 e. The first-order chi connectivity index (χ1) is 14.0. The lowest BCUT2D eigenvalue weighted by Gasteiger charge is -2.21. The lowest BCUT2D eigenvalue weighted by molar-refractivity contribution is -0.143. The highest BCUT2D eigenvalue weighted by Gasteiger charge is 2.44. The molecule has 2 aliphatic rings. The van der Waals surface area contributed by atoms with Crippen molar-refractivity contribution in [1.29, 1.82) is 0 Å². The predicted octanol–water partition coefficient (Wildman–Crippen LogP) is 3.76. The van der Waals surface area contributed by atoms with Gasteiger partial charge in [0, 0.05) is 12.8 Å². The van der Waals surface area contributed by atoms with E-state index < -0.39 is 0 Å². The molecule has 7 nitrogen and oxygen atoms in total. The van der Waals surface area contributed by atoms with Gasteiger partial charge >= 0.3 is 5.97 Å². The van der Waals surface area contributed by atoms with E-state index in [4.69, 9.17) is 23.7 Å². The number of carbonyl (C=O) groups excluding carboxylic acids is 1. The molecule has 1 fully saturated rings. The SMILES string of the molecule is COc1cc([C@H]2O[C@@H](c3ccc4c(c3)OCO4)[C@H](C)[C@H]2COC(C)=O)ccc1O. The summed E-state index contributed by atoms with van der Waals surface area (Å²) in [6.45, 7) is 3.94. The maximum Gasteiger partial charge on any atom is 0.302 e. The minimum atomic E-state index is -0.328. The Hall–Kier alpha value is -2.93. The maximum absolute atomic E-state index is 11.4. The zero-order chi connectivity index (χ0) is 20.5. The van der Waals surface area contributed by atoms with Gasteiger partial charge in [-0.15, -0.1) is 0 Å². The molecule has 7 heteroatoms. The lowest BCUT2D eigenvalue weighted by atomic mass is 9.84. The predicted molar refractivity (Wildman–Crippen MR) is 103 cm³/mol. The van der Waals surface area contributed by atoms with Crippen LogP contribution in [-0.4, -0.2) is 31.6 Å². The summed E-state index contributed by atoms with van der Waals surface area (Å²) in [6.07, 6.45) is -0.538. The summed E-state index contributed by atoms with van der Waals surface area (Å²) in [6, 6.07) is 10.9. The Labute approximate surface area is 169 Å². The van der Waals surface area contributed by atoms with Crippen molar-refractivity contribution in [3.8, 4) is 23.0 Å². The molecule has 4 rings (SSSR count). The standard InChI is InChI=1S/C22H24O7/c1-12-16(10-26-13(2)23)22(15-4-6-17(24)19(8-15)25-3)29-21(12)14-5-7-18-20(9-14)28-11-27-18/h4-9,12,16,21-22,24H,10-11H2,1-3H3/t12-,16-,21-,22-/m1/s1. The molecule has 2 aromatic carbocycles. The fourth-order valence-corrected chi connectivity index (χ4v) is 4.00. The quantitative estimate of drug-likeness (QED) is 0.765. The van der Waals surface area contributed by atoms with Crippen molar-refractivity contribution in [2.75, 3.05) is 20.5 Å². The number of hydrogen-bond donors (Lipinski definition) is 1. The fraction of sp³-hybridized carbons (Fsp3) is 0.409. The van der Waals surface area contributed by atoms with Crippen LogP contribution in [0.5, 0.6) is 23.0 Å². The number of esters is 1. The number of carbonyl (C=O) groups is 1. The first-order valence-electron chi connectivity index (χ1n) is 9.53. The van der Waals surface area contributed by atoms with Gasteiger partial charge in [-0.1, -0.05) is 19.1 Å². The molecule has 0 amide bonds. The second-order valence-corrected chi connectivity index (χ2v) is 7.35. The van der Waals surface area contributed by atoms with Crippen molar-refractivity contribution >= 4 is 5.97 Å². The van der Waals surface area contributed by atoms with Gasteiger partial charge in [-0.25, -0.2) is 0 Å². The Bertz CT molecular complexity index is 910. The van der Waals surface area contributed by atoms with Crippen LogP contribution in [0.1, 0.15) is 37.2 Å². The topological polar surface area (TPSA) is 83.5 Å². The molecule has 0 radical (unpaired) electrons. The Morgan fingerprint density at radius 2 is 1.83 bits per heavy atom. The van der Waals surface area contributed by atoms with Crippen molar-refractivity contribution in [3.05, 3.63) is 47.5 Å². The van der Waals surface area contributed by atoms with Crippen LogP contribution >= 0.6 is 0 Å². The Balaban J connectivity index is 1.66. The first kappa shape index (κ1) is 19.4. The van der Waals surface area contributed by atoms with Crippen molar-refractivity contribution < 1.29 is 33.6 Å². The number of ether oxygens (including phenoxy) is 5. The lowest BCUT2D eigenvalue weighted by Crippen LogP contribution is -2.21. The van der Waals surface area contributed by atoms with Crippen molar-refractivity contribution in [1.82, 2.24) is 0 Å². The van der Waals surface area contributed by atoms with Crippen LogP contribution in [0.2, 0.25) is 0 Å². The summed E-state index contributed by atoms with van der Waals surface area (Å²) in [5.41, 5.74) is 1.83. The number of phenolic OH excluding ortho intramolecular Hbond substituents is 1. The number of methoxy groups -OCH3 is 1. The summed E-state index contributed by atoms with van der Waals surface area (Å²) in [4.78, 5) is 11.4. The number of benzene rings is 2. The van der Waals surface area contributed by atoms with Gasteiger partial charge in [0.05, 0.1) is 25.9 Å². The van der Waals surface area contributed by atoms with Gasteiger partial charge in [0.25, 0.3) is 0 Å². The summed E-state index contributed by atoms with van der Waals surface area (Å²) >= 11 is 0. The largest absolute Gasteiger partial charge is 0.504 e. The van der Waals surface area contributed by atoms with Gasteiger partial charge in [-0.05, 0) is 41.3 Å². The van der Waals surface area contributed by atoms with Crippen molar-refractivity contribution in [2.45, 2.75) is 26.1 Å². The van der Waals surface area contributed by atoms with Crippen LogP contribution < -0.4 is 14.2 Å². The summed E-state index contributed by atoms with van der Waals surface area (Å²) in [7, 11) is 1.50. The van der Waals surface area contributed by atoms with E-state index in [0.29, 0.717) is 11.5 Å². The Morgan fingerprint density at radius 3 is 2.59 bits per heavy atom. The molecule has 0 bridgehead atoms. The highest BCUT2D eigenvalue weighted by atomic mass is 16.7. The van der Waals surface area contributed by atoms with Gasteiger partial charge in [0.1, 0.15) is 0 Å². The van der Waals surface area contributed by atoms with Crippen LogP contribution in [0.15, 0.2) is 36.4 Å². The number of rotatable bonds is 5. The van der Waals surface area contributed by atoms with Gasteiger partial charge in [0.15, 0.2) is 23.0 Å². The van der Waals surface area contributed by atoms with E-state index >= 15 is 0 Å².